The smallest absolute Gasteiger partial charge is 0.450 e. The van der Waals surface area contributed by atoms with E-state index in [0.717, 1.165) is 5.57 Å². The van der Waals surface area contributed by atoms with Gasteiger partial charge in [0.1, 0.15) is 11.6 Å². The number of ether oxygens (including phenoxy) is 2. The van der Waals surface area contributed by atoms with Crippen LogP contribution in [0.15, 0.2) is 47.1 Å². The minimum Gasteiger partial charge on any atom is -0.450 e. The fourth-order valence-electron chi connectivity index (χ4n) is 3.23. The van der Waals surface area contributed by atoms with E-state index in [4.69, 9.17) is 16.2 Å². The first kappa shape index (κ1) is 19.6. The zero-order valence-electron chi connectivity index (χ0n) is 14.8. The Hall–Kier alpha value is -3.17. The van der Waals surface area contributed by atoms with Gasteiger partial charge in [-0.2, -0.15) is 5.10 Å². The molecule has 1 aromatic rings. The molecule has 1 aromatic carbocycles. The Morgan fingerprint density at radius 1 is 1.29 bits per heavy atom. The minimum atomic E-state index is -4.78. The molecule has 1 unspecified atom stereocenters. The van der Waals surface area contributed by atoms with Crippen LogP contribution in [-0.4, -0.2) is 42.5 Å². The molecule has 0 fully saturated rings. The van der Waals surface area contributed by atoms with E-state index in [-0.39, 0.29) is 18.4 Å². The summed E-state index contributed by atoms with van der Waals surface area (Å²) in [6.07, 6.45) is -1.26. The van der Waals surface area contributed by atoms with E-state index in [2.05, 4.69) is 9.84 Å². The number of allylic oxidation sites excluding steroid dienone is 2. The number of hydrazone groups is 1. The molecule has 7 nitrogen and oxygen atoms in total. The van der Waals surface area contributed by atoms with Crippen molar-refractivity contribution in [3.05, 3.63) is 47.6 Å². The number of benzene rings is 1. The molecule has 3 rings (SSSR count). The predicted octanol–water partition coefficient (Wildman–Crippen LogP) is 2.74. The summed E-state index contributed by atoms with van der Waals surface area (Å²) in [7, 11) is 0. The molecule has 1 aliphatic heterocycles. The second-order valence-corrected chi connectivity index (χ2v) is 6.25. The predicted molar refractivity (Wildman–Crippen MR) is 96.1 cm³/mol. The maximum absolute atomic E-state index is 12.7. The molecule has 10 heteroatoms. The minimum absolute atomic E-state index is 0.137. The number of hydrogen-bond acceptors (Lipinski definition) is 6. The number of amidine groups is 1. The zero-order chi connectivity index (χ0) is 20.3. The van der Waals surface area contributed by atoms with Crippen LogP contribution >= 0.6 is 0 Å². The number of hydrogen-bond donors (Lipinski definition) is 2. The van der Waals surface area contributed by atoms with Crippen molar-refractivity contribution >= 4 is 17.5 Å². The van der Waals surface area contributed by atoms with Crippen LogP contribution in [0.1, 0.15) is 18.4 Å². The van der Waals surface area contributed by atoms with E-state index in [9.17, 15) is 18.0 Å². The first-order chi connectivity index (χ1) is 13.2. The lowest BCUT2D eigenvalue weighted by molar-refractivity contribution is -0.274. The summed E-state index contributed by atoms with van der Waals surface area (Å²) in [6, 6.07) is 5.78. The molecule has 1 heterocycles. The van der Waals surface area contributed by atoms with E-state index >= 15 is 0 Å². The lowest BCUT2D eigenvalue weighted by Gasteiger charge is -2.28. The number of rotatable bonds is 6. The van der Waals surface area contributed by atoms with Gasteiger partial charge in [-0.1, -0.05) is 30.4 Å². The normalized spacial score (nSPS) is 18.8. The lowest BCUT2D eigenvalue weighted by Crippen LogP contribution is -2.32. The maximum atomic E-state index is 12.7. The van der Waals surface area contributed by atoms with Crippen molar-refractivity contribution in [2.75, 3.05) is 13.2 Å². The zero-order valence-corrected chi connectivity index (χ0v) is 14.8. The number of nitrogens with zero attached hydrogens (tertiary/aromatic N) is 2. The third-order valence-electron chi connectivity index (χ3n) is 4.36. The SMILES string of the molecule is NC(=O)OCCCN1N=C(N)C2=CC=C(c3ccccc3OC(F)(F)F)CC21. The summed E-state index contributed by atoms with van der Waals surface area (Å²) >= 11 is 0. The van der Waals surface area contributed by atoms with Gasteiger partial charge in [-0.3, -0.25) is 5.01 Å². The molecule has 1 aliphatic carbocycles. The molecule has 0 spiro atoms. The Bertz CT molecular complexity index is 849. The summed E-state index contributed by atoms with van der Waals surface area (Å²) in [6.45, 7) is 0.585. The molecule has 1 amide bonds. The highest BCUT2D eigenvalue weighted by molar-refractivity contribution is 6.01. The molecule has 28 heavy (non-hydrogen) atoms. The molecule has 1 atom stereocenters. The van der Waals surface area contributed by atoms with Crippen molar-refractivity contribution in [3.63, 3.8) is 0 Å². The molecule has 150 valence electrons. The van der Waals surface area contributed by atoms with Crippen LogP contribution in [0, 0.1) is 0 Å². The number of halogens is 3. The van der Waals surface area contributed by atoms with Gasteiger partial charge in [-0.25, -0.2) is 4.79 Å². The van der Waals surface area contributed by atoms with Gasteiger partial charge >= 0.3 is 12.5 Å². The van der Waals surface area contributed by atoms with Crippen molar-refractivity contribution < 1.29 is 27.4 Å². The van der Waals surface area contributed by atoms with Gasteiger partial charge in [0.2, 0.25) is 0 Å². The van der Waals surface area contributed by atoms with Gasteiger partial charge in [-0.15, -0.1) is 13.2 Å². The largest absolute Gasteiger partial charge is 0.573 e. The van der Waals surface area contributed by atoms with Crippen LogP contribution in [0.2, 0.25) is 0 Å². The third kappa shape index (κ3) is 4.56. The number of nitrogens with two attached hydrogens (primary N) is 2. The summed E-state index contributed by atoms with van der Waals surface area (Å²) < 4.78 is 47.0. The van der Waals surface area contributed by atoms with Crippen molar-refractivity contribution in [3.8, 4) is 5.75 Å². The lowest BCUT2D eigenvalue weighted by atomic mass is 9.88. The van der Waals surface area contributed by atoms with E-state index in [0.29, 0.717) is 36.4 Å². The molecule has 0 aromatic heterocycles. The van der Waals surface area contributed by atoms with E-state index < -0.39 is 12.5 Å². The molecule has 0 saturated carbocycles. The highest BCUT2D eigenvalue weighted by Crippen LogP contribution is 2.38. The second kappa shape index (κ2) is 7.83. The fourth-order valence-corrected chi connectivity index (χ4v) is 3.23. The Labute approximate surface area is 159 Å². The molecular weight excluding hydrogens is 377 g/mol. The fraction of sp³-hybridized carbons (Fsp3) is 0.333. The summed E-state index contributed by atoms with van der Waals surface area (Å²) in [5.41, 5.74) is 12.7. The molecule has 4 N–H and O–H groups in total. The van der Waals surface area contributed by atoms with Crippen LogP contribution in [-0.2, 0) is 4.74 Å². The van der Waals surface area contributed by atoms with Crippen molar-refractivity contribution in [2.45, 2.75) is 25.2 Å². The molecular formula is C18H19F3N4O3. The molecule has 2 aliphatic rings. The second-order valence-electron chi connectivity index (χ2n) is 6.25. The first-order valence-corrected chi connectivity index (χ1v) is 8.54. The topological polar surface area (TPSA) is 103 Å². The van der Waals surface area contributed by atoms with Gasteiger partial charge in [-0.05, 0) is 18.1 Å². The Balaban J connectivity index is 1.76. The summed E-state index contributed by atoms with van der Waals surface area (Å²) in [5.74, 6) is 0.0994. The molecule has 0 saturated heterocycles. The van der Waals surface area contributed by atoms with Crippen molar-refractivity contribution in [1.29, 1.82) is 0 Å². The van der Waals surface area contributed by atoms with Crippen LogP contribution < -0.4 is 16.2 Å². The quantitative estimate of drug-likeness (QED) is 0.720. The summed E-state index contributed by atoms with van der Waals surface area (Å²) in [4.78, 5) is 10.6. The van der Waals surface area contributed by atoms with Gasteiger partial charge in [0.15, 0.2) is 0 Å². The standard InChI is InChI=1S/C18H19F3N4O3/c19-18(20,21)28-15-5-2-1-4-12(15)11-6-7-13-14(10-11)25(24-16(13)22)8-3-9-27-17(23)26/h1-2,4-7,14H,3,8-10H2,(H2,22,24)(H2,23,26). The average molecular weight is 396 g/mol. The van der Waals surface area contributed by atoms with Gasteiger partial charge < -0.3 is 20.9 Å². The number of para-hydroxylation sites is 1. The third-order valence-corrected chi connectivity index (χ3v) is 4.36. The number of primary amides is 1. The highest BCUT2D eigenvalue weighted by Gasteiger charge is 2.35. The van der Waals surface area contributed by atoms with E-state index in [1.54, 1.807) is 29.3 Å². The average Bonchev–Trinajstić information content (AvgIpc) is 2.93. The van der Waals surface area contributed by atoms with Gasteiger partial charge in [0.25, 0.3) is 0 Å². The Kier molecular flexibility index (Phi) is 5.48. The van der Waals surface area contributed by atoms with Crippen LogP contribution in [0.5, 0.6) is 5.75 Å². The van der Waals surface area contributed by atoms with Crippen LogP contribution in [0.4, 0.5) is 18.0 Å². The highest BCUT2D eigenvalue weighted by atomic mass is 19.4. The maximum Gasteiger partial charge on any atom is 0.573 e. The number of alkyl halides is 3. The van der Waals surface area contributed by atoms with Gasteiger partial charge in [0, 0.05) is 24.1 Å². The summed E-state index contributed by atoms with van der Waals surface area (Å²) in [5, 5.41) is 6.04. The molecule has 0 radical (unpaired) electrons. The monoisotopic (exact) mass is 396 g/mol. The van der Waals surface area contributed by atoms with Crippen molar-refractivity contribution in [1.82, 2.24) is 5.01 Å². The Morgan fingerprint density at radius 3 is 2.75 bits per heavy atom. The van der Waals surface area contributed by atoms with Crippen molar-refractivity contribution in [2.24, 2.45) is 16.6 Å². The Morgan fingerprint density at radius 2 is 2.04 bits per heavy atom. The number of carbonyl (C=O) groups is 1. The molecule has 0 bridgehead atoms. The number of fused-ring (bicyclic) bond motifs is 1. The first-order valence-electron chi connectivity index (χ1n) is 8.54. The van der Waals surface area contributed by atoms with E-state index in [1.165, 1.54) is 12.1 Å². The number of amides is 1. The van der Waals surface area contributed by atoms with E-state index in [1.807, 2.05) is 0 Å². The number of carbonyl (C=O) groups excluding carboxylic acids is 1. The van der Waals surface area contributed by atoms with Crippen LogP contribution in [0.3, 0.4) is 0 Å². The van der Waals surface area contributed by atoms with Crippen LogP contribution in [0.25, 0.3) is 5.57 Å². The van der Waals surface area contributed by atoms with Gasteiger partial charge in [0.05, 0.1) is 12.6 Å².